The van der Waals surface area contributed by atoms with Crippen molar-refractivity contribution in [2.75, 3.05) is 0 Å². The number of carbonyl (C=O) groups is 1. The van der Waals surface area contributed by atoms with Gasteiger partial charge in [-0.25, -0.2) is 4.79 Å². The van der Waals surface area contributed by atoms with Gasteiger partial charge in [-0.1, -0.05) is 63.9 Å². The first-order valence-electron chi connectivity index (χ1n) is 9.69. The van der Waals surface area contributed by atoms with Crippen LogP contribution in [0.4, 0.5) is 0 Å². The molecule has 136 valence electrons. The minimum atomic E-state index is -0.746. The van der Waals surface area contributed by atoms with Gasteiger partial charge in [0.25, 0.3) is 0 Å². The smallest absolute Gasteiger partial charge is 0.336 e. The topological polar surface area (TPSA) is 46.5 Å². The SMILES string of the molecule is C#CCCCCCCCCCCCCC/C=C1/C(=O)O[C@@H](C)[C@@H]1O. The number of aliphatic hydroxyl groups excluding tert-OH is 1. The zero-order valence-corrected chi connectivity index (χ0v) is 15.3. The average molecular weight is 334 g/mol. The molecule has 0 bridgehead atoms. The van der Waals surface area contributed by atoms with Crippen molar-refractivity contribution in [1.29, 1.82) is 0 Å². The van der Waals surface area contributed by atoms with Gasteiger partial charge in [-0.3, -0.25) is 0 Å². The predicted octanol–water partition coefficient (Wildman–Crippen LogP) is 4.92. The van der Waals surface area contributed by atoms with E-state index in [1.54, 1.807) is 6.92 Å². The van der Waals surface area contributed by atoms with Crippen LogP contribution in [0.5, 0.6) is 0 Å². The van der Waals surface area contributed by atoms with E-state index in [0.29, 0.717) is 5.57 Å². The van der Waals surface area contributed by atoms with Gasteiger partial charge in [-0.2, -0.15) is 0 Å². The number of terminal acetylenes is 1. The second kappa shape index (κ2) is 13.1. The first-order valence-corrected chi connectivity index (χ1v) is 9.69. The Morgan fingerprint density at radius 3 is 1.96 bits per heavy atom. The molecule has 1 aliphatic rings. The maximum absolute atomic E-state index is 11.5. The van der Waals surface area contributed by atoms with Gasteiger partial charge >= 0.3 is 5.97 Å². The summed E-state index contributed by atoms with van der Waals surface area (Å²) in [5.41, 5.74) is 0.449. The van der Waals surface area contributed by atoms with E-state index < -0.39 is 12.2 Å². The highest BCUT2D eigenvalue weighted by Gasteiger charge is 2.34. The van der Waals surface area contributed by atoms with Crippen LogP contribution in [0, 0.1) is 12.3 Å². The fraction of sp³-hybridized carbons (Fsp3) is 0.762. The summed E-state index contributed by atoms with van der Waals surface area (Å²) in [6, 6.07) is 0. The molecule has 0 aliphatic carbocycles. The van der Waals surface area contributed by atoms with Crippen molar-refractivity contribution in [1.82, 2.24) is 0 Å². The molecule has 0 radical (unpaired) electrons. The molecule has 0 unspecified atom stereocenters. The lowest BCUT2D eigenvalue weighted by atomic mass is 10.0. The second-order valence-corrected chi connectivity index (χ2v) is 6.85. The third kappa shape index (κ3) is 8.55. The number of hydrogen-bond donors (Lipinski definition) is 1. The summed E-state index contributed by atoms with van der Waals surface area (Å²) in [5, 5.41) is 9.81. The highest BCUT2D eigenvalue weighted by atomic mass is 16.6. The van der Waals surface area contributed by atoms with E-state index in [9.17, 15) is 9.90 Å². The van der Waals surface area contributed by atoms with Gasteiger partial charge in [0.2, 0.25) is 0 Å². The Labute approximate surface area is 147 Å². The molecule has 0 amide bonds. The molecule has 0 aromatic carbocycles. The van der Waals surface area contributed by atoms with Gasteiger partial charge in [-0.05, 0) is 26.2 Å². The van der Waals surface area contributed by atoms with Crippen LogP contribution in [0.15, 0.2) is 11.6 Å². The third-order valence-electron chi connectivity index (χ3n) is 4.68. The van der Waals surface area contributed by atoms with E-state index >= 15 is 0 Å². The van der Waals surface area contributed by atoms with Crippen LogP contribution in [0.3, 0.4) is 0 Å². The summed E-state index contributed by atoms with van der Waals surface area (Å²) in [6.45, 7) is 1.72. The molecule has 1 rings (SSSR count). The molecule has 0 saturated carbocycles. The number of aliphatic hydroxyl groups is 1. The summed E-state index contributed by atoms with van der Waals surface area (Å²) in [7, 11) is 0. The number of esters is 1. The summed E-state index contributed by atoms with van der Waals surface area (Å²) >= 11 is 0. The van der Waals surface area contributed by atoms with Gasteiger partial charge in [0.15, 0.2) is 0 Å². The Morgan fingerprint density at radius 2 is 1.50 bits per heavy atom. The van der Waals surface area contributed by atoms with Crippen molar-refractivity contribution in [2.24, 2.45) is 0 Å². The summed E-state index contributed by atoms with van der Waals surface area (Å²) in [5.74, 6) is 2.34. The Bertz CT molecular complexity index is 419. The molecule has 0 spiro atoms. The largest absolute Gasteiger partial charge is 0.456 e. The molecule has 1 fully saturated rings. The van der Waals surface area contributed by atoms with Crippen molar-refractivity contribution in [3.63, 3.8) is 0 Å². The van der Waals surface area contributed by atoms with Crippen molar-refractivity contribution in [3.8, 4) is 12.3 Å². The predicted molar refractivity (Wildman–Crippen MR) is 98.5 cm³/mol. The average Bonchev–Trinajstić information content (AvgIpc) is 2.81. The minimum absolute atomic E-state index is 0.353. The van der Waals surface area contributed by atoms with Gasteiger partial charge < -0.3 is 9.84 Å². The molecule has 1 saturated heterocycles. The van der Waals surface area contributed by atoms with Crippen molar-refractivity contribution < 1.29 is 14.6 Å². The molecule has 1 aliphatic heterocycles. The maximum Gasteiger partial charge on any atom is 0.336 e. The van der Waals surface area contributed by atoms with Gasteiger partial charge in [0.05, 0.1) is 5.57 Å². The summed E-state index contributed by atoms with van der Waals surface area (Å²) in [6.07, 6.45) is 21.7. The van der Waals surface area contributed by atoms with E-state index in [1.165, 1.54) is 64.2 Å². The van der Waals surface area contributed by atoms with Gasteiger partial charge in [0.1, 0.15) is 12.2 Å². The molecule has 0 aromatic rings. The maximum atomic E-state index is 11.5. The third-order valence-corrected chi connectivity index (χ3v) is 4.68. The molecule has 1 N–H and O–H groups in total. The lowest BCUT2D eigenvalue weighted by molar-refractivity contribution is -0.138. The lowest BCUT2D eigenvalue weighted by Crippen LogP contribution is -2.17. The number of rotatable bonds is 13. The van der Waals surface area contributed by atoms with Crippen LogP contribution in [-0.4, -0.2) is 23.3 Å². The van der Waals surface area contributed by atoms with Gasteiger partial charge in [0, 0.05) is 6.42 Å². The van der Waals surface area contributed by atoms with E-state index in [2.05, 4.69) is 5.92 Å². The van der Waals surface area contributed by atoms with Crippen LogP contribution in [0.25, 0.3) is 0 Å². The highest BCUT2D eigenvalue weighted by Crippen LogP contribution is 2.22. The van der Waals surface area contributed by atoms with Crippen molar-refractivity contribution in [3.05, 3.63) is 11.6 Å². The zero-order chi connectivity index (χ0) is 17.6. The number of cyclic esters (lactones) is 1. The van der Waals surface area contributed by atoms with Crippen molar-refractivity contribution >= 4 is 5.97 Å². The lowest BCUT2D eigenvalue weighted by Gasteiger charge is -2.05. The van der Waals surface area contributed by atoms with Crippen LogP contribution in [0.1, 0.15) is 90.4 Å². The number of unbranched alkanes of at least 4 members (excludes halogenated alkanes) is 12. The van der Waals surface area contributed by atoms with E-state index in [1.807, 2.05) is 6.08 Å². The van der Waals surface area contributed by atoms with Crippen LogP contribution in [0.2, 0.25) is 0 Å². The normalized spacial score (nSPS) is 21.9. The summed E-state index contributed by atoms with van der Waals surface area (Å²) < 4.78 is 4.99. The van der Waals surface area contributed by atoms with Crippen LogP contribution >= 0.6 is 0 Å². The first kappa shape index (κ1) is 20.8. The highest BCUT2D eigenvalue weighted by molar-refractivity contribution is 5.92. The number of carbonyl (C=O) groups excluding carboxylic acids is 1. The van der Waals surface area contributed by atoms with Crippen LogP contribution < -0.4 is 0 Å². The fourth-order valence-corrected chi connectivity index (χ4v) is 3.10. The molecule has 3 nitrogen and oxygen atoms in total. The standard InChI is InChI=1S/C21H34O3/c1-3-4-5-6-7-8-9-10-11-12-13-14-15-16-17-19-20(22)18(2)24-21(19)23/h1,17-18,20,22H,4-16H2,2H3/b19-17+/t18-,20-/m0/s1. The molecule has 1 heterocycles. The fourth-order valence-electron chi connectivity index (χ4n) is 3.10. The first-order chi connectivity index (χ1) is 11.7. The molecule has 0 aromatic heterocycles. The van der Waals surface area contributed by atoms with E-state index in [-0.39, 0.29) is 5.97 Å². The van der Waals surface area contributed by atoms with Crippen LogP contribution in [-0.2, 0) is 9.53 Å². The number of ether oxygens (including phenoxy) is 1. The monoisotopic (exact) mass is 334 g/mol. The minimum Gasteiger partial charge on any atom is -0.456 e. The Kier molecular flexibility index (Phi) is 11.3. The zero-order valence-electron chi connectivity index (χ0n) is 15.3. The van der Waals surface area contributed by atoms with E-state index in [4.69, 9.17) is 11.2 Å². The molecular formula is C21H34O3. The Morgan fingerprint density at radius 1 is 1.00 bits per heavy atom. The molecule has 3 heteroatoms. The Balaban J connectivity index is 1.88. The van der Waals surface area contributed by atoms with E-state index in [0.717, 1.165) is 19.3 Å². The summed E-state index contributed by atoms with van der Waals surface area (Å²) in [4.78, 5) is 11.5. The molecule has 2 atom stereocenters. The number of hydrogen-bond acceptors (Lipinski definition) is 3. The van der Waals surface area contributed by atoms with Crippen molar-refractivity contribution in [2.45, 2.75) is 103 Å². The molecule has 24 heavy (non-hydrogen) atoms. The quantitative estimate of drug-likeness (QED) is 0.225. The Hall–Kier alpha value is -1.27. The second-order valence-electron chi connectivity index (χ2n) is 6.85. The molecular weight excluding hydrogens is 300 g/mol. The number of allylic oxidation sites excluding steroid dienone is 1. The van der Waals surface area contributed by atoms with Gasteiger partial charge in [-0.15, -0.1) is 12.3 Å².